The Kier molecular flexibility index (Phi) is 5.65. The highest BCUT2D eigenvalue weighted by molar-refractivity contribution is 6.30. The van der Waals surface area contributed by atoms with Crippen LogP contribution in [0.2, 0.25) is 5.15 Å². The van der Waals surface area contributed by atoms with Crippen molar-refractivity contribution in [2.45, 2.75) is 6.42 Å². The second-order valence-corrected chi connectivity index (χ2v) is 6.46. The maximum atomic E-state index is 6.06. The lowest BCUT2D eigenvalue weighted by molar-refractivity contribution is 0.311. The highest BCUT2D eigenvalue weighted by Crippen LogP contribution is 2.25. The van der Waals surface area contributed by atoms with Crippen LogP contribution in [0.5, 0.6) is 0 Å². The summed E-state index contributed by atoms with van der Waals surface area (Å²) in [5, 5.41) is 7.94. The number of aromatic nitrogens is 3. The third-order valence-corrected chi connectivity index (χ3v) is 4.43. The first-order chi connectivity index (χ1) is 11.7. The number of nitrogens with zero attached hydrogens (tertiary/aromatic N) is 5. The van der Waals surface area contributed by atoms with Crippen molar-refractivity contribution in [1.29, 1.82) is 0 Å². The number of anilines is 2. The molecule has 1 aliphatic rings. The van der Waals surface area contributed by atoms with Gasteiger partial charge < -0.3 is 20.4 Å². The van der Waals surface area contributed by atoms with Gasteiger partial charge in [-0.05, 0) is 33.1 Å². The number of pyridine rings is 1. The standard InChI is InChI=1S/C16H24ClN7/c1-18-4-3-5-19-15-12-10-14(17)20-11-13(12)21-16(22-15)24-8-6-23(2)7-9-24/h10-11,18H,3-9H2,1-2H3,(H,19,21,22). The molecule has 3 rings (SSSR count). The first kappa shape index (κ1) is 17.1. The van der Waals surface area contributed by atoms with Gasteiger partial charge in [0.1, 0.15) is 11.0 Å². The summed E-state index contributed by atoms with van der Waals surface area (Å²) >= 11 is 6.06. The van der Waals surface area contributed by atoms with Crippen LogP contribution in [0.4, 0.5) is 11.8 Å². The van der Waals surface area contributed by atoms with Crippen LogP contribution < -0.4 is 15.5 Å². The minimum Gasteiger partial charge on any atom is -0.369 e. The number of halogens is 1. The summed E-state index contributed by atoms with van der Waals surface area (Å²) in [5.74, 6) is 1.59. The Balaban J connectivity index is 1.88. The lowest BCUT2D eigenvalue weighted by Gasteiger charge is -2.32. The Morgan fingerprint density at radius 2 is 1.96 bits per heavy atom. The van der Waals surface area contributed by atoms with Gasteiger partial charge in [-0.1, -0.05) is 11.6 Å². The van der Waals surface area contributed by atoms with Crippen molar-refractivity contribution in [1.82, 2.24) is 25.2 Å². The number of nitrogens with one attached hydrogen (secondary N) is 2. The first-order valence-electron chi connectivity index (χ1n) is 8.32. The Morgan fingerprint density at radius 3 is 2.71 bits per heavy atom. The average Bonchev–Trinajstić information content (AvgIpc) is 2.59. The van der Waals surface area contributed by atoms with Crippen LogP contribution >= 0.6 is 11.6 Å². The number of hydrogen-bond donors (Lipinski definition) is 2. The summed E-state index contributed by atoms with van der Waals surface area (Å²) in [6.45, 7) is 5.71. The van der Waals surface area contributed by atoms with E-state index < -0.39 is 0 Å². The predicted molar refractivity (Wildman–Crippen MR) is 99.1 cm³/mol. The number of rotatable bonds is 6. The van der Waals surface area contributed by atoms with Crippen LogP contribution in [0.3, 0.4) is 0 Å². The molecule has 1 aliphatic heterocycles. The van der Waals surface area contributed by atoms with Gasteiger partial charge in [-0.15, -0.1) is 0 Å². The normalized spacial score (nSPS) is 15.9. The molecule has 0 atom stereocenters. The van der Waals surface area contributed by atoms with Crippen molar-refractivity contribution >= 4 is 34.3 Å². The van der Waals surface area contributed by atoms with E-state index in [-0.39, 0.29) is 0 Å². The summed E-state index contributed by atoms with van der Waals surface area (Å²) in [6, 6.07) is 1.82. The first-order valence-corrected chi connectivity index (χ1v) is 8.70. The quantitative estimate of drug-likeness (QED) is 0.604. The van der Waals surface area contributed by atoms with E-state index in [1.165, 1.54) is 0 Å². The van der Waals surface area contributed by atoms with Gasteiger partial charge in [0.05, 0.1) is 11.7 Å². The molecule has 0 aliphatic carbocycles. The van der Waals surface area contributed by atoms with Crippen molar-refractivity contribution in [3.05, 3.63) is 17.4 Å². The Morgan fingerprint density at radius 1 is 1.17 bits per heavy atom. The summed E-state index contributed by atoms with van der Waals surface area (Å²) in [7, 11) is 4.09. The van der Waals surface area contributed by atoms with Crippen LogP contribution in [0.15, 0.2) is 12.3 Å². The molecule has 0 aromatic carbocycles. The third-order valence-electron chi connectivity index (χ3n) is 4.22. The molecule has 2 aromatic rings. The van der Waals surface area contributed by atoms with Gasteiger partial charge in [0, 0.05) is 38.1 Å². The van der Waals surface area contributed by atoms with Gasteiger partial charge in [0.15, 0.2) is 0 Å². The zero-order valence-corrected chi connectivity index (χ0v) is 15.0. The lowest BCUT2D eigenvalue weighted by Crippen LogP contribution is -2.45. The van der Waals surface area contributed by atoms with Crippen molar-refractivity contribution in [2.75, 3.05) is 63.6 Å². The van der Waals surface area contributed by atoms with Crippen molar-refractivity contribution in [3.63, 3.8) is 0 Å². The molecule has 7 nitrogen and oxygen atoms in total. The van der Waals surface area contributed by atoms with Gasteiger partial charge in [0.25, 0.3) is 0 Å². The molecule has 130 valence electrons. The van der Waals surface area contributed by atoms with E-state index in [0.717, 1.165) is 68.4 Å². The number of piperazine rings is 1. The number of hydrogen-bond acceptors (Lipinski definition) is 7. The fraction of sp³-hybridized carbons (Fsp3) is 0.562. The molecule has 1 saturated heterocycles. The molecule has 1 fully saturated rings. The van der Waals surface area contributed by atoms with E-state index in [0.29, 0.717) is 5.15 Å². The van der Waals surface area contributed by atoms with Gasteiger partial charge >= 0.3 is 0 Å². The van der Waals surface area contributed by atoms with Crippen LogP contribution in [-0.4, -0.2) is 73.2 Å². The van der Waals surface area contributed by atoms with E-state index >= 15 is 0 Å². The largest absolute Gasteiger partial charge is 0.369 e. The van der Waals surface area contributed by atoms with Crippen molar-refractivity contribution < 1.29 is 0 Å². The molecule has 0 bridgehead atoms. The second-order valence-electron chi connectivity index (χ2n) is 6.07. The molecule has 8 heteroatoms. The lowest BCUT2D eigenvalue weighted by atomic mass is 10.2. The summed E-state index contributed by atoms with van der Waals surface area (Å²) in [5.41, 5.74) is 0.819. The van der Waals surface area contributed by atoms with E-state index in [2.05, 4.69) is 32.5 Å². The molecule has 24 heavy (non-hydrogen) atoms. The minimum atomic E-state index is 0.455. The monoisotopic (exact) mass is 349 g/mol. The van der Waals surface area contributed by atoms with Gasteiger partial charge in [-0.25, -0.2) is 9.97 Å². The van der Waals surface area contributed by atoms with Crippen molar-refractivity contribution in [3.8, 4) is 0 Å². The van der Waals surface area contributed by atoms with Crippen LogP contribution in [0.1, 0.15) is 6.42 Å². The molecule has 0 spiro atoms. The third kappa shape index (κ3) is 4.03. The Labute approximate surface area is 147 Å². The molecule has 3 heterocycles. The molecule has 2 aromatic heterocycles. The predicted octanol–water partition coefficient (Wildman–Crippen LogP) is 1.45. The molecular weight excluding hydrogens is 326 g/mol. The van der Waals surface area contributed by atoms with E-state index in [4.69, 9.17) is 21.6 Å². The Hall–Kier alpha value is -1.70. The molecule has 0 radical (unpaired) electrons. The molecule has 2 N–H and O–H groups in total. The smallest absolute Gasteiger partial charge is 0.228 e. The highest BCUT2D eigenvalue weighted by Gasteiger charge is 2.18. The molecule has 0 amide bonds. The Bertz CT molecular complexity index is 685. The minimum absolute atomic E-state index is 0.455. The fourth-order valence-corrected chi connectivity index (χ4v) is 2.91. The summed E-state index contributed by atoms with van der Waals surface area (Å²) in [4.78, 5) is 18.2. The van der Waals surface area contributed by atoms with E-state index in [9.17, 15) is 0 Å². The van der Waals surface area contributed by atoms with Crippen LogP contribution in [-0.2, 0) is 0 Å². The maximum Gasteiger partial charge on any atom is 0.228 e. The highest BCUT2D eigenvalue weighted by atomic mass is 35.5. The maximum absolute atomic E-state index is 6.06. The van der Waals surface area contributed by atoms with E-state index in [1.807, 2.05) is 13.1 Å². The van der Waals surface area contributed by atoms with E-state index in [1.54, 1.807) is 6.20 Å². The fourth-order valence-electron chi connectivity index (χ4n) is 2.75. The number of fused-ring (bicyclic) bond motifs is 1. The molecule has 0 saturated carbocycles. The van der Waals surface area contributed by atoms with Crippen LogP contribution in [0.25, 0.3) is 10.9 Å². The molecular formula is C16H24ClN7. The van der Waals surface area contributed by atoms with Crippen LogP contribution in [0, 0.1) is 0 Å². The number of likely N-dealkylation sites (N-methyl/N-ethyl adjacent to an activating group) is 1. The zero-order valence-electron chi connectivity index (χ0n) is 14.2. The SMILES string of the molecule is CNCCCNc1nc(N2CCN(C)CC2)nc2cnc(Cl)cc12. The van der Waals surface area contributed by atoms with Gasteiger partial charge in [-0.3, -0.25) is 0 Å². The van der Waals surface area contributed by atoms with Gasteiger partial charge in [0.2, 0.25) is 5.95 Å². The zero-order chi connectivity index (χ0) is 16.9. The van der Waals surface area contributed by atoms with Gasteiger partial charge in [-0.2, -0.15) is 4.98 Å². The average molecular weight is 350 g/mol. The second kappa shape index (κ2) is 7.92. The topological polar surface area (TPSA) is 69.2 Å². The summed E-state index contributed by atoms with van der Waals surface area (Å²) < 4.78 is 0. The van der Waals surface area contributed by atoms with Crippen molar-refractivity contribution in [2.24, 2.45) is 0 Å². The molecule has 0 unspecified atom stereocenters. The summed E-state index contributed by atoms with van der Waals surface area (Å²) in [6.07, 6.45) is 2.74.